The molecule has 2 atom stereocenters. The second kappa shape index (κ2) is 8.00. The fraction of sp³-hybridized carbons (Fsp3) is 0.571. The Morgan fingerprint density at radius 2 is 2.16 bits per heavy atom. The zero-order chi connectivity index (χ0) is 22.6. The van der Waals surface area contributed by atoms with Crippen LogP contribution in [0.15, 0.2) is 21.7 Å². The average molecular weight is 554 g/mol. The van der Waals surface area contributed by atoms with Crippen LogP contribution in [-0.2, 0) is 9.53 Å². The van der Waals surface area contributed by atoms with E-state index < -0.39 is 5.60 Å². The van der Waals surface area contributed by atoms with Crippen LogP contribution in [0.25, 0.3) is 0 Å². The summed E-state index contributed by atoms with van der Waals surface area (Å²) >= 11 is 3.44. The summed E-state index contributed by atoms with van der Waals surface area (Å²) in [5, 5.41) is 4.17. The van der Waals surface area contributed by atoms with Gasteiger partial charge < -0.3 is 0 Å². The SMILES string of the molecule is C[C@@H]1C(=O)NN=C2COc3cc(Br)c([As][C@]4(C)CCN(C(=O)OC(C)(C)C)C4)cc3N21. The molecule has 1 saturated heterocycles. The van der Waals surface area contributed by atoms with Gasteiger partial charge in [0.15, 0.2) is 0 Å². The topological polar surface area (TPSA) is 83.5 Å². The molecule has 8 nitrogen and oxygen atoms in total. The molecule has 1 radical (unpaired) electrons. The van der Waals surface area contributed by atoms with E-state index >= 15 is 0 Å². The molecule has 10 heteroatoms. The number of nitrogens with one attached hydrogen (secondary N) is 1. The van der Waals surface area contributed by atoms with Crippen LogP contribution in [0.4, 0.5) is 10.5 Å². The van der Waals surface area contributed by atoms with E-state index in [0.717, 1.165) is 22.3 Å². The van der Waals surface area contributed by atoms with Crippen LogP contribution < -0.4 is 19.4 Å². The predicted octanol–water partition coefficient (Wildman–Crippen LogP) is 2.63. The first-order valence-electron chi connectivity index (χ1n) is 10.3. The van der Waals surface area contributed by atoms with Crippen molar-refractivity contribution in [3.8, 4) is 5.75 Å². The van der Waals surface area contributed by atoms with Crippen molar-refractivity contribution in [3.63, 3.8) is 0 Å². The molecule has 3 aliphatic heterocycles. The molecule has 1 aromatic rings. The summed E-state index contributed by atoms with van der Waals surface area (Å²) in [5.41, 5.74) is 2.93. The zero-order valence-electron chi connectivity index (χ0n) is 18.4. The summed E-state index contributed by atoms with van der Waals surface area (Å²) in [6.07, 6.45) is 0.686. The molecule has 3 heterocycles. The van der Waals surface area contributed by atoms with Crippen LogP contribution in [0, 0.1) is 0 Å². The number of amides is 2. The molecule has 4 rings (SSSR count). The van der Waals surface area contributed by atoms with Gasteiger partial charge in [-0.2, -0.15) is 0 Å². The third kappa shape index (κ3) is 4.58. The van der Waals surface area contributed by atoms with E-state index in [1.54, 1.807) is 0 Å². The van der Waals surface area contributed by atoms with Gasteiger partial charge in [-0.25, -0.2) is 0 Å². The van der Waals surface area contributed by atoms with E-state index in [4.69, 9.17) is 9.47 Å². The van der Waals surface area contributed by atoms with Gasteiger partial charge in [0.05, 0.1) is 0 Å². The number of ether oxygens (including phenoxy) is 2. The molecule has 1 fully saturated rings. The van der Waals surface area contributed by atoms with Crippen molar-refractivity contribution in [1.29, 1.82) is 0 Å². The van der Waals surface area contributed by atoms with Gasteiger partial charge >= 0.3 is 198 Å². The number of hydrogen-bond donors (Lipinski definition) is 1. The van der Waals surface area contributed by atoms with E-state index in [2.05, 4.69) is 39.4 Å². The van der Waals surface area contributed by atoms with E-state index in [1.807, 2.05) is 43.6 Å². The quantitative estimate of drug-likeness (QED) is 0.569. The van der Waals surface area contributed by atoms with E-state index in [1.165, 1.54) is 4.35 Å². The number of amidine groups is 1. The number of benzene rings is 1. The van der Waals surface area contributed by atoms with Crippen LogP contribution in [0.3, 0.4) is 0 Å². The van der Waals surface area contributed by atoms with E-state index in [9.17, 15) is 9.59 Å². The number of fused-ring (bicyclic) bond motifs is 3. The Bertz CT molecular complexity index is 963. The molecule has 3 aliphatic rings. The Labute approximate surface area is 197 Å². The molecular weight excluding hydrogens is 527 g/mol. The molecule has 0 aliphatic carbocycles. The van der Waals surface area contributed by atoms with Crippen LogP contribution in [0.1, 0.15) is 41.0 Å². The van der Waals surface area contributed by atoms with E-state index in [-0.39, 0.29) is 38.0 Å². The minimum atomic E-state index is -0.498. The van der Waals surface area contributed by atoms with Crippen molar-refractivity contribution in [2.24, 2.45) is 5.10 Å². The van der Waals surface area contributed by atoms with Crippen molar-refractivity contribution in [2.45, 2.75) is 56.9 Å². The summed E-state index contributed by atoms with van der Waals surface area (Å²) in [4.78, 5) is 28.5. The van der Waals surface area contributed by atoms with Gasteiger partial charge in [0.25, 0.3) is 0 Å². The third-order valence-corrected chi connectivity index (χ3v) is 9.98. The number of carbonyl (C=O) groups excluding carboxylic acids is 2. The fourth-order valence-corrected chi connectivity index (χ4v) is 7.64. The third-order valence-electron chi connectivity index (χ3n) is 5.48. The van der Waals surface area contributed by atoms with Gasteiger partial charge in [0.1, 0.15) is 0 Å². The number of likely N-dealkylation sites (tertiary alicyclic amines) is 1. The molecule has 0 unspecified atom stereocenters. The standard InChI is InChI=1S/C21H27AsBrN4O4/c1-12-18(28)25-24-17-10-30-16-9-14(23)13(8-15(16)27(12)17)22-21(5)6-7-26(11-21)19(29)31-20(2,3)4/h8-9,12H,6-7,10-11H2,1-5H3,(H,25,28)/t12-,21-/m1/s1. The van der Waals surface area contributed by atoms with Crippen molar-refractivity contribution in [1.82, 2.24) is 10.3 Å². The Morgan fingerprint density at radius 3 is 2.87 bits per heavy atom. The number of rotatable bonds is 2. The van der Waals surface area contributed by atoms with Crippen LogP contribution in [0.2, 0.25) is 4.20 Å². The minimum absolute atomic E-state index is 0.0154. The second-order valence-corrected chi connectivity index (χ2v) is 14.0. The molecule has 0 aromatic heterocycles. The Hall–Kier alpha value is -1.73. The second-order valence-electron chi connectivity index (χ2n) is 9.37. The normalized spacial score (nSPS) is 25.7. The first-order valence-corrected chi connectivity index (χ1v) is 13.0. The first kappa shape index (κ1) is 22.5. The Balaban J connectivity index is 1.56. The van der Waals surface area contributed by atoms with E-state index in [0.29, 0.717) is 25.5 Å². The first-order chi connectivity index (χ1) is 14.5. The molecule has 2 amide bonds. The maximum absolute atomic E-state index is 12.5. The number of anilines is 1. The molecule has 0 bridgehead atoms. The summed E-state index contributed by atoms with van der Waals surface area (Å²) in [7, 11) is 0. The number of halogens is 1. The number of hydrogen-bond acceptors (Lipinski definition) is 6. The molecule has 0 spiro atoms. The molecule has 1 aromatic carbocycles. The van der Waals surface area contributed by atoms with Gasteiger partial charge in [0, 0.05) is 0 Å². The molecule has 167 valence electrons. The van der Waals surface area contributed by atoms with Crippen LogP contribution >= 0.6 is 15.9 Å². The van der Waals surface area contributed by atoms with Crippen LogP contribution in [0.5, 0.6) is 5.75 Å². The molecular formula is C21H27AsBrN4O4. The van der Waals surface area contributed by atoms with Crippen molar-refractivity contribution in [2.75, 3.05) is 24.6 Å². The molecule has 1 N–H and O–H groups in total. The average Bonchev–Trinajstić information content (AvgIpc) is 3.06. The maximum atomic E-state index is 12.5. The fourth-order valence-electron chi connectivity index (χ4n) is 3.93. The summed E-state index contributed by atoms with van der Waals surface area (Å²) in [6, 6.07) is 3.75. The Kier molecular flexibility index (Phi) is 5.79. The number of hydrazone groups is 1. The van der Waals surface area contributed by atoms with Gasteiger partial charge in [0.2, 0.25) is 0 Å². The Morgan fingerprint density at radius 1 is 1.42 bits per heavy atom. The summed E-state index contributed by atoms with van der Waals surface area (Å²) < 4.78 is 13.7. The van der Waals surface area contributed by atoms with Crippen molar-refractivity contribution in [3.05, 3.63) is 16.6 Å². The number of carbonyl (C=O) groups is 2. The summed E-state index contributed by atoms with van der Waals surface area (Å²) in [5.74, 6) is 1.31. The predicted molar refractivity (Wildman–Crippen MR) is 123 cm³/mol. The summed E-state index contributed by atoms with van der Waals surface area (Å²) in [6.45, 7) is 11.5. The molecule has 31 heavy (non-hydrogen) atoms. The van der Waals surface area contributed by atoms with Gasteiger partial charge in [-0.3, -0.25) is 0 Å². The van der Waals surface area contributed by atoms with Gasteiger partial charge in [-0.05, 0) is 0 Å². The molecule has 0 saturated carbocycles. The number of nitrogens with zero attached hydrogens (tertiary/aromatic N) is 3. The van der Waals surface area contributed by atoms with Gasteiger partial charge in [-0.15, -0.1) is 0 Å². The van der Waals surface area contributed by atoms with Gasteiger partial charge in [-0.1, -0.05) is 0 Å². The van der Waals surface area contributed by atoms with Crippen molar-refractivity contribution < 1.29 is 19.1 Å². The zero-order valence-corrected chi connectivity index (χ0v) is 21.8. The van der Waals surface area contributed by atoms with Crippen LogP contribution in [-0.4, -0.2) is 69.8 Å². The monoisotopic (exact) mass is 553 g/mol. The van der Waals surface area contributed by atoms with Crippen molar-refractivity contribution >= 4 is 59.6 Å².